The number of aromatic nitrogens is 1. The van der Waals surface area contributed by atoms with Crippen molar-refractivity contribution in [2.24, 2.45) is 0 Å². The van der Waals surface area contributed by atoms with Gasteiger partial charge in [0.05, 0.1) is 11.1 Å². The van der Waals surface area contributed by atoms with Crippen molar-refractivity contribution in [3.63, 3.8) is 0 Å². The number of imide groups is 3. The summed E-state index contributed by atoms with van der Waals surface area (Å²) in [4.78, 5) is 39.9. The fraction of sp³-hybridized carbons (Fsp3) is 0.176. The Kier molecular flexibility index (Phi) is 6.24. The highest BCUT2D eigenvalue weighted by atomic mass is 19.4. The number of pyridine rings is 1. The monoisotopic (exact) mass is 381 g/mol. The lowest BCUT2D eigenvalue weighted by molar-refractivity contribution is -0.138. The molecule has 0 aliphatic carbocycles. The van der Waals surface area contributed by atoms with Crippen LogP contribution in [0.15, 0.2) is 48.8 Å². The second kappa shape index (κ2) is 8.41. The molecule has 7 nitrogen and oxygen atoms in total. The van der Waals surface area contributed by atoms with Gasteiger partial charge in [0.15, 0.2) is 0 Å². The highest BCUT2D eigenvalue weighted by Gasteiger charge is 2.38. The Morgan fingerprint density at radius 2 is 1.78 bits per heavy atom. The standard InChI is InChI=1S/C17H14F3N3O4/c18-17(19,20)13-6-7-21-9-12(13)15(26)23(14(25)10-24)16(27)22-8-11-4-2-1-3-5-11/h1-7,9,24H,8,10H2,(H,22,27). The minimum Gasteiger partial charge on any atom is -0.386 e. The van der Waals surface area contributed by atoms with Crippen LogP contribution in [0.3, 0.4) is 0 Å². The maximum Gasteiger partial charge on any atom is 0.417 e. The van der Waals surface area contributed by atoms with E-state index in [0.717, 1.165) is 6.20 Å². The second-order valence-corrected chi connectivity index (χ2v) is 5.26. The largest absolute Gasteiger partial charge is 0.417 e. The molecule has 0 aliphatic heterocycles. The number of alkyl halides is 3. The molecule has 2 rings (SSSR count). The van der Waals surface area contributed by atoms with Gasteiger partial charge >= 0.3 is 12.2 Å². The number of rotatable bonds is 4. The smallest absolute Gasteiger partial charge is 0.386 e. The number of hydrogen-bond donors (Lipinski definition) is 2. The van der Waals surface area contributed by atoms with Crippen LogP contribution in [0.25, 0.3) is 0 Å². The number of benzene rings is 1. The van der Waals surface area contributed by atoms with E-state index in [1.54, 1.807) is 30.3 Å². The first-order valence-corrected chi connectivity index (χ1v) is 7.56. The van der Waals surface area contributed by atoms with Crippen LogP contribution >= 0.6 is 0 Å². The molecule has 1 aromatic heterocycles. The molecule has 0 unspecified atom stereocenters. The van der Waals surface area contributed by atoms with Crippen molar-refractivity contribution in [3.05, 3.63) is 65.5 Å². The molecule has 0 radical (unpaired) electrons. The van der Waals surface area contributed by atoms with E-state index in [-0.39, 0.29) is 11.4 Å². The van der Waals surface area contributed by atoms with E-state index in [0.29, 0.717) is 17.8 Å². The minimum atomic E-state index is -4.90. The number of hydrogen-bond acceptors (Lipinski definition) is 5. The zero-order chi connectivity index (χ0) is 20.0. The first-order chi connectivity index (χ1) is 12.8. The van der Waals surface area contributed by atoms with Crippen LogP contribution in [0, 0.1) is 0 Å². The molecule has 2 N–H and O–H groups in total. The summed E-state index contributed by atoms with van der Waals surface area (Å²) in [6, 6.07) is 7.71. The average Bonchev–Trinajstić information content (AvgIpc) is 2.66. The van der Waals surface area contributed by atoms with Crippen LogP contribution in [0.4, 0.5) is 18.0 Å². The van der Waals surface area contributed by atoms with Crippen molar-refractivity contribution >= 4 is 17.8 Å². The predicted octanol–water partition coefficient (Wildman–Crippen LogP) is 1.97. The van der Waals surface area contributed by atoms with Gasteiger partial charge in [-0.15, -0.1) is 0 Å². The number of aliphatic hydroxyl groups excluding tert-OH is 1. The summed E-state index contributed by atoms with van der Waals surface area (Å²) in [6.45, 7) is -1.33. The topological polar surface area (TPSA) is 99.6 Å². The highest BCUT2D eigenvalue weighted by molar-refractivity contribution is 6.16. The van der Waals surface area contributed by atoms with Crippen LogP contribution < -0.4 is 5.32 Å². The number of urea groups is 1. The van der Waals surface area contributed by atoms with Gasteiger partial charge in [-0.1, -0.05) is 30.3 Å². The molecule has 4 amide bonds. The molecule has 142 valence electrons. The minimum absolute atomic E-state index is 0.0742. The summed E-state index contributed by atoms with van der Waals surface area (Å²) in [7, 11) is 0. The zero-order valence-corrected chi connectivity index (χ0v) is 13.7. The van der Waals surface area contributed by atoms with Gasteiger partial charge in [0.1, 0.15) is 6.61 Å². The number of aliphatic hydroxyl groups is 1. The number of carbonyl (C=O) groups excluding carboxylic acids is 3. The first kappa shape index (κ1) is 20.0. The highest BCUT2D eigenvalue weighted by Crippen LogP contribution is 2.32. The number of amides is 4. The van der Waals surface area contributed by atoms with E-state index in [2.05, 4.69) is 10.3 Å². The normalized spacial score (nSPS) is 11.0. The Morgan fingerprint density at radius 1 is 1.11 bits per heavy atom. The lowest BCUT2D eigenvalue weighted by atomic mass is 10.1. The molecule has 0 saturated heterocycles. The second-order valence-electron chi connectivity index (χ2n) is 5.26. The van der Waals surface area contributed by atoms with Crippen molar-refractivity contribution in [1.29, 1.82) is 0 Å². The lowest BCUT2D eigenvalue weighted by Gasteiger charge is -2.20. The quantitative estimate of drug-likeness (QED) is 0.844. The van der Waals surface area contributed by atoms with E-state index >= 15 is 0 Å². The molecule has 0 atom stereocenters. The van der Waals surface area contributed by atoms with Crippen LogP contribution in [-0.2, 0) is 17.5 Å². The first-order valence-electron chi connectivity index (χ1n) is 7.56. The summed E-state index contributed by atoms with van der Waals surface area (Å²) in [5.41, 5.74) is -1.71. The Bertz CT molecular complexity index is 841. The molecule has 2 aromatic rings. The molecular weight excluding hydrogens is 367 g/mol. The molecule has 0 spiro atoms. The third kappa shape index (κ3) is 4.88. The van der Waals surface area contributed by atoms with Crippen molar-refractivity contribution < 1.29 is 32.7 Å². The zero-order valence-electron chi connectivity index (χ0n) is 13.7. The number of nitrogens with one attached hydrogen (secondary N) is 1. The maximum atomic E-state index is 13.1. The van der Waals surface area contributed by atoms with Crippen molar-refractivity contribution in [1.82, 2.24) is 15.2 Å². The van der Waals surface area contributed by atoms with Gasteiger partial charge in [-0.3, -0.25) is 14.6 Å². The lowest BCUT2D eigenvalue weighted by Crippen LogP contribution is -2.48. The Balaban J connectivity index is 2.30. The molecule has 0 aliphatic rings. The fourth-order valence-electron chi connectivity index (χ4n) is 2.17. The number of halogens is 3. The summed E-state index contributed by atoms with van der Waals surface area (Å²) >= 11 is 0. The number of carbonyl (C=O) groups is 3. The molecule has 27 heavy (non-hydrogen) atoms. The summed E-state index contributed by atoms with van der Waals surface area (Å²) < 4.78 is 39.3. The van der Waals surface area contributed by atoms with Crippen molar-refractivity contribution in [3.8, 4) is 0 Å². The van der Waals surface area contributed by atoms with Gasteiger partial charge in [0.25, 0.3) is 11.8 Å². The maximum absolute atomic E-state index is 13.1. The van der Waals surface area contributed by atoms with Crippen LogP contribution in [0.1, 0.15) is 21.5 Å². The third-order valence-electron chi connectivity index (χ3n) is 3.43. The molecule has 0 bridgehead atoms. The third-order valence-corrected chi connectivity index (χ3v) is 3.43. The molecule has 10 heteroatoms. The average molecular weight is 381 g/mol. The SMILES string of the molecule is O=C(CO)N(C(=O)NCc1ccccc1)C(=O)c1cnccc1C(F)(F)F. The molecule has 1 aromatic carbocycles. The number of nitrogens with zero attached hydrogens (tertiary/aromatic N) is 2. The van der Waals surface area contributed by atoms with Crippen LogP contribution in [0.5, 0.6) is 0 Å². The van der Waals surface area contributed by atoms with Crippen LogP contribution in [0.2, 0.25) is 0 Å². The fourth-order valence-corrected chi connectivity index (χ4v) is 2.17. The van der Waals surface area contributed by atoms with Gasteiger partial charge in [-0.2, -0.15) is 18.1 Å². The van der Waals surface area contributed by atoms with E-state index in [1.807, 2.05) is 0 Å². The summed E-state index contributed by atoms with van der Waals surface area (Å²) in [5.74, 6) is -2.91. The molecular formula is C17H14F3N3O4. The van der Waals surface area contributed by atoms with Gasteiger partial charge in [0, 0.05) is 18.9 Å². The Morgan fingerprint density at radius 3 is 2.37 bits per heavy atom. The van der Waals surface area contributed by atoms with E-state index < -0.39 is 41.8 Å². The van der Waals surface area contributed by atoms with Crippen LogP contribution in [-0.4, -0.2) is 39.4 Å². The molecule has 0 saturated carbocycles. The summed E-state index contributed by atoms with van der Waals surface area (Å²) in [5, 5.41) is 11.3. The van der Waals surface area contributed by atoms with Crippen molar-refractivity contribution in [2.75, 3.05) is 6.61 Å². The van der Waals surface area contributed by atoms with Gasteiger partial charge in [0.2, 0.25) is 0 Å². The predicted molar refractivity (Wildman–Crippen MR) is 86.2 cm³/mol. The van der Waals surface area contributed by atoms with E-state index in [1.165, 1.54) is 0 Å². The molecule has 1 heterocycles. The van der Waals surface area contributed by atoms with E-state index in [9.17, 15) is 27.6 Å². The molecule has 0 fully saturated rings. The van der Waals surface area contributed by atoms with Gasteiger partial charge < -0.3 is 10.4 Å². The van der Waals surface area contributed by atoms with Gasteiger partial charge in [-0.05, 0) is 11.6 Å². The van der Waals surface area contributed by atoms with E-state index in [4.69, 9.17) is 5.11 Å². The van der Waals surface area contributed by atoms with Gasteiger partial charge in [-0.25, -0.2) is 4.79 Å². The Hall–Kier alpha value is -3.27. The Labute approximate surface area is 151 Å². The van der Waals surface area contributed by atoms with Crippen molar-refractivity contribution in [2.45, 2.75) is 12.7 Å². The summed E-state index contributed by atoms with van der Waals surface area (Å²) in [6.07, 6.45) is -3.47.